The largest absolute Gasteiger partial charge is 0.398 e. The van der Waals surface area contributed by atoms with Gasteiger partial charge in [0.1, 0.15) is 0 Å². The molecule has 0 fully saturated rings. The molecule has 84 valence electrons. The lowest BCUT2D eigenvalue weighted by Crippen LogP contribution is -2.05. The molecule has 0 aliphatic carbocycles. The van der Waals surface area contributed by atoms with Crippen molar-refractivity contribution in [1.29, 1.82) is 0 Å². The average Bonchev–Trinajstić information content (AvgIpc) is 2.08. The predicted molar refractivity (Wildman–Crippen MR) is 70.7 cm³/mol. The van der Waals surface area contributed by atoms with Gasteiger partial charge in [0.05, 0.1) is 5.02 Å². The van der Waals surface area contributed by atoms with E-state index in [1.165, 1.54) is 0 Å². The molecule has 0 aliphatic heterocycles. The summed E-state index contributed by atoms with van der Waals surface area (Å²) >= 11 is 7.82. The highest BCUT2D eigenvalue weighted by atomic mass is 35.5. The van der Waals surface area contributed by atoms with Gasteiger partial charge in [-0.15, -0.1) is 11.8 Å². The summed E-state index contributed by atoms with van der Waals surface area (Å²) in [6.07, 6.45) is 1.16. The molecule has 1 aromatic carbocycles. The first-order valence-electron chi connectivity index (χ1n) is 5.07. The van der Waals surface area contributed by atoms with Crippen molar-refractivity contribution in [1.82, 2.24) is 0 Å². The molecule has 0 atom stereocenters. The van der Waals surface area contributed by atoms with Crippen molar-refractivity contribution in [2.45, 2.75) is 32.1 Å². The summed E-state index contributed by atoms with van der Waals surface area (Å²) in [4.78, 5) is 1.02. The van der Waals surface area contributed by atoms with Crippen molar-refractivity contribution in [2.24, 2.45) is 5.41 Å². The molecule has 0 heterocycles. The van der Waals surface area contributed by atoms with E-state index in [1.54, 1.807) is 11.8 Å². The molecule has 15 heavy (non-hydrogen) atoms. The maximum absolute atomic E-state index is 6.08. The number of halogens is 1. The Morgan fingerprint density at radius 2 is 2.00 bits per heavy atom. The SMILES string of the molecule is CC(C)(C)CCSc1c(N)cccc1Cl. The normalized spacial score (nSPS) is 11.7. The van der Waals surface area contributed by atoms with Crippen molar-refractivity contribution in [3.05, 3.63) is 23.2 Å². The zero-order valence-electron chi connectivity index (χ0n) is 9.51. The van der Waals surface area contributed by atoms with Gasteiger partial charge in [-0.1, -0.05) is 38.4 Å². The van der Waals surface area contributed by atoms with E-state index in [0.717, 1.165) is 27.8 Å². The van der Waals surface area contributed by atoms with Crippen LogP contribution in [0.4, 0.5) is 5.69 Å². The first-order valence-corrected chi connectivity index (χ1v) is 6.43. The van der Waals surface area contributed by atoms with Gasteiger partial charge in [-0.25, -0.2) is 0 Å². The van der Waals surface area contributed by atoms with Gasteiger partial charge >= 0.3 is 0 Å². The second-order valence-corrected chi connectivity index (χ2v) is 6.33. The molecular weight excluding hydrogens is 226 g/mol. The van der Waals surface area contributed by atoms with Crippen LogP contribution >= 0.6 is 23.4 Å². The van der Waals surface area contributed by atoms with E-state index in [1.807, 2.05) is 18.2 Å². The maximum atomic E-state index is 6.08. The van der Waals surface area contributed by atoms with Gasteiger partial charge in [-0.2, -0.15) is 0 Å². The van der Waals surface area contributed by atoms with Crippen LogP contribution in [0.15, 0.2) is 23.1 Å². The Hall–Kier alpha value is -0.340. The fraction of sp³-hybridized carbons (Fsp3) is 0.500. The van der Waals surface area contributed by atoms with Crippen LogP contribution in [-0.2, 0) is 0 Å². The first-order chi connectivity index (χ1) is 6.90. The number of benzene rings is 1. The number of nitrogens with two attached hydrogens (primary N) is 1. The van der Waals surface area contributed by atoms with Gasteiger partial charge in [0, 0.05) is 10.6 Å². The molecule has 0 aromatic heterocycles. The molecule has 0 aliphatic rings. The molecule has 0 amide bonds. The lowest BCUT2D eigenvalue weighted by molar-refractivity contribution is 0.401. The van der Waals surface area contributed by atoms with E-state index in [4.69, 9.17) is 17.3 Å². The number of hydrogen-bond donors (Lipinski definition) is 1. The van der Waals surface area contributed by atoms with Crippen molar-refractivity contribution < 1.29 is 0 Å². The smallest absolute Gasteiger partial charge is 0.0562 e. The first kappa shape index (κ1) is 12.7. The number of hydrogen-bond acceptors (Lipinski definition) is 2. The quantitative estimate of drug-likeness (QED) is 0.627. The molecule has 0 spiro atoms. The highest BCUT2D eigenvalue weighted by Gasteiger charge is 2.11. The standard InChI is InChI=1S/C12H18ClNS/c1-12(2,3)7-8-15-11-9(13)5-4-6-10(11)14/h4-6H,7-8,14H2,1-3H3. The molecular formula is C12H18ClNS. The van der Waals surface area contributed by atoms with Crippen LogP contribution in [0.1, 0.15) is 27.2 Å². The molecule has 0 saturated carbocycles. The summed E-state index contributed by atoms with van der Waals surface area (Å²) in [7, 11) is 0. The summed E-state index contributed by atoms with van der Waals surface area (Å²) in [5.74, 6) is 1.05. The van der Waals surface area contributed by atoms with Gasteiger partial charge in [0.2, 0.25) is 0 Å². The van der Waals surface area contributed by atoms with Crippen LogP contribution in [0, 0.1) is 5.41 Å². The van der Waals surface area contributed by atoms with Gasteiger partial charge in [0.25, 0.3) is 0 Å². The minimum atomic E-state index is 0.364. The third kappa shape index (κ3) is 4.35. The minimum Gasteiger partial charge on any atom is -0.398 e. The van der Waals surface area contributed by atoms with Crippen LogP contribution in [0.2, 0.25) is 5.02 Å². The molecule has 0 bridgehead atoms. The fourth-order valence-electron chi connectivity index (χ4n) is 1.14. The molecule has 0 saturated heterocycles. The number of nitrogen functional groups attached to an aromatic ring is 1. The Kier molecular flexibility index (Phi) is 4.35. The van der Waals surface area contributed by atoms with Crippen LogP contribution in [0.5, 0.6) is 0 Å². The van der Waals surface area contributed by atoms with E-state index < -0.39 is 0 Å². The molecule has 0 radical (unpaired) electrons. The van der Waals surface area contributed by atoms with Crippen molar-refractivity contribution in [3.63, 3.8) is 0 Å². The molecule has 0 unspecified atom stereocenters. The van der Waals surface area contributed by atoms with Gasteiger partial charge in [-0.05, 0) is 29.7 Å². The van der Waals surface area contributed by atoms with E-state index >= 15 is 0 Å². The van der Waals surface area contributed by atoms with Gasteiger partial charge in [-0.3, -0.25) is 0 Å². The zero-order valence-corrected chi connectivity index (χ0v) is 11.1. The third-order valence-corrected chi connectivity index (χ3v) is 3.68. The summed E-state index contributed by atoms with van der Waals surface area (Å²) < 4.78 is 0. The van der Waals surface area contributed by atoms with Crippen LogP contribution in [0.25, 0.3) is 0 Å². The van der Waals surface area contributed by atoms with E-state index in [-0.39, 0.29) is 0 Å². The van der Waals surface area contributed by atoms with Gasteiger partial charge < -0.3 is 5.73 Å². The monoisotopic (exact) mass is 243 g/mol. The second-order valence-electron chi connectivity index (χ2n) is 4.82. The van der Waals surface area contributed by atoms with Crippen LogP contribution in [-0.4, -0.2) is 5.75 Å². The Morgan fingerprint density at radius 1 is 1.33 bits per heavy atom. The molecule has 3 heteroatoms. The molecule has 1 nitrogen and oxygen atoms in total. The minimum absolute atomic E-state index is 0.364. The number of thioether (sulfide) groups is 1. The Balaban J connectivity index is 2.58. The van der Waals surface area contributed by atoms with E-state index in [2.05, 4.69) is 20.8 Å². The van der Waals surface area contributed by atoms with E-state index in [9.17, 15) is 0 Å². The predicted octanol–water partition coefficient (Wildman–Crippen LogP) is 4.45. The van der Waals surface area contributed by atoms with E-state index in [0.29, 0.717) is 5.41 Å². The Bertz CT molecular complexity index is 311. The lowest BCUT2D eigenvalue weighted by atomic mass is 9.94. The summed E-state index contributed by atoms with van der Waals surface area (Å²) in [5, 5.41) is 0.758. The topological polar surface area (TPSA) is 26.0 Å². The molecule has 1 aromatic rings. The summed E-state index contributed by atoms with van der Waals surface area (Å²) in [6.45, 7) is 6.72. The fourth-order valence-corrected chi connectivity index (χ4v) is 2.84. The second kappa shape index (κ2) is 5.13. The van der Waals surface area contributed by atoms with Gasteiger partial charge in [0.15, 0.2) is 0 Å². The maximum Gasteiger partial charge on any atom is 0.0562 e. The highest BCUT2D eigenvalue weighted by molar-refractivity contribution is 7.99. The summed E-state index contributed by atoms with van der Waals surface area (Å²) in [5.41, 5.74) is 7.01. The summed E-state index contributed by atoms with van der Waals surface area (Å²) in [6, 6.07) is 5.66. The molecule has 2 N–H and O–H groups in total. The highest BCUT2D eigenvalue weighted by Crippen LogP contribution is 2.34. The Morgan fingerprint density at radius 3 is 2.53 bits per heavy atom. The van der Waals surface area contributed by atoms with Crippen molar-refractivity contribution >= 4 is 29.1 Å². The number of anilines is 1. The third-order valence-electron chi connectivity index (χ3n) is 2.10. The van der Waals surface area contributed by atoms with Crippen LogP contribution in [0.3, 0.4) is 0 Å². The van der Waals surface area contributed by atoms with Crippen molar-refractivity contribution in [2.75, 3.05) is 11.5 Å². The molecule has 1 rings (SSSR count). The average molecular weight is 244 g/mol. The zero-order chi connectivity index (χ0) is 11.5. The number of rotatable bonds is 3. The van der Waals surface area contributed by atoms with Crippen molar-refractivity contribution in [3.8, 4) is 0 Å². The van der Waals surface area contributed by atoms with Crippen LogP contribution < -0.4 is 5.73 Å². The lowest BCUT2D eigenvalue weighted by Gasteiger charge is -2.17. The Labute approximate surface area is 101 Å².